The second-order valence-corrected chi connectivity index (χ2v) is 6.39. The molecular formula is C12H10ClF3N2S2. The minimum atomic E-state index is -4.46. The van der Waals surface area contributed by atoms with Crippen molar-refractivity contribution in [3.63, 3.8) is 0 Å². The van der Waals surface area contributed by atoms with E-state index >= 15 is 0 Å². The van der Waals surface area contributed by atoms with E-state index < -0.39 is 11.9 Å². The van der Waals surface area contributed by atoms with Crippen LogP contribution in [0, 0.1) is 0 Å². The third-order valence-corrected chi connectivity index (χ3v) is 5.17. The number of hydrogen-bond donors (Lipinski definition) is 1. The van der Waals surface area contributed by atoms with Gasteiger partial charge in [0.1, 0.15) is 5.01 Å². The Bertz CT molecular complexity index is 599. The Hall–Kier alpha value is -0.760. The average Bonchev–Trinajstić information content (AvgIpc) is 2.81. The van der Waals surface area contributed by atoms with Crippen LogP contribution in [-0.4, -0.2) is 4.98 Å². The first-order valence-corrected chi connectivity index (χ1v) is 7.73. The summed E-state index contributed by atoms with van der Waals surface area (Å²) in [6.07, 6.45) is -4.46. The number of thioether (sulfide) groups is 1. The largest absolute Gasteiger partial charge is 0.434 e. The summed E-state index contributed by atoms with van der Waals surface area (Å²) in [6.45, 7) is -0.163. The fourth-order valence-corrected chi connectivity index (χ4v) is 3.72. The van der Waals surface area contributed by atoms with Crippen LogP contribution >= 0.6 is 34.7 Å². The van der Waals surface area contributed by atoms with Crippen LogP contribution in [0.25, 0.3) is 0 Å². The molecule has 1 heterocycles. The minimum Gasteiger partial charge on any atom is -0.326 e. The predicted octanol–water partition coefficient (Wildman–Crippen LogP) is 4.57. The molecule has 0 aliphatic rings. The van der Waals surface area contributed by atoms with Crippen LogP contribution in [-0.2, 0) is 18.5 Å². The summed E-state index contributed by atoms with van der Waals surface area (Å²) < 4.78 is 38.2. The summed E-state index contributed by atoms with van der Waals surface area (Å²) in [4.78, 5) is 4.52. The molecule has 0 aliphatic carbocycles. The molecule has 1 aromatic heterocycles. The molecule has 20 heavy (non-hydrogen) atoms. The van der Waals surface area contributed by atoms with Crippen LogP contribution in [0.15, 0.2) is 29.2 Å². The average molecular weight is 339 g/mol. The van der Waals surface area contributed by atoms with E-state index in [0.717, 1.165) is 16.2 Å². The first-order chi connectivity index (χ1) is 9.41. The minimum absolute atomic E-state index is 0.0623. The van der Waals surface area contributed by atoms with E-state index in [4.69, 9.17) is 17.3 Å². The van der Waals surface area contributed by atoms with E-state index in [1.165, 1.54) is 11.8 Å². The number of alkyl halides is 3. The Labute approximate surface area is 127 Å². The molecule has 0 atom stereocenters. The standard InChI is InChI=1S/C12H10ClF3N2S2/c13-7-3-1-2-4-8(7)19-6-10-18-11(12(14,15)16)9(5-17)20-10/h1-4H,5-6,17H2. The highest BCUT2D eigenvalue weighted by atomic mass is 35.5. The van der Waals surface area contributed by atoms with Crippen LogP contribution in [0.2, 0.25) is 5.02 Å². The quantitative estimate of drug-likeness (QED) is 0.830. The zero-order valence-electron chi connectivity index (χ0n) is 10.1. The molecule has 2 rings (SSSR count). The van der Waals surface area contributed by atoms with Gasteiger partial charge in [0.15, 0.2) is 5.69 Å². The SMILES string of the molecule is NCc1sc(CSc2ccccc2Cl)nc1C(F)(F)F. The normalized spacial score (nSPS) is 11.8. The number of hydrogen-bond acceptors (Lipinski definition) is 4. The summed E-state index contributed by atoms with van der Waals surface area (Å²) in [5.41, 5.74) is 4.46. The molecule has 0 bridgehead atoms. The van der Waals surface area contributed by atoms with Crippen LogP contribution in [0.3, 0.4) is 0 Å². The van der Waals surface area contributed by atoms with Gasteiger partial charge in [-0.15, -0.1) is 23.1 Å². The van der Waals surface area contributed by atoms with Gasteiger partial charge in [0, 0.05) is 11.4 Å². The molecule has 0 saturated heterocycles. The first-order valence-electron chi connectivity index (χ1n) is 5.55. The zero-order chi connectivity index (χ0) is 14.8. The van der Waals surface area contributed by atoms with Crippen molar-refractivity contribution in [2.75, 3.05) is 0 Å². The topological polar surface area (TPSA) is 38.9 Å². The highest BCUT2D eigenvalue weighted by Gasteiger charge is 2.36. The highest BCUT2D eigenvalue weighted by Crippen LogP contribution is 2.36. The molecule has 2 nitrogen and oxygen atoms in total. The van der Waals surface area contributed by atoms with Crippen LogP contribution in [0.1, 0.15) is 15.6 Å². The molecule has 8 heteroatoms. The molecule has 2 aromatic rings. The molecule has 0 spiro atoms. The highest BCUT2D eigenvalue weighted by molar-refractivity contribution is 7.98. The molecule has 0 aliphatic heterocycles. The van der Waals surface area contributed by atoms with Crippen molar-refractivity contribution < 1.29 is 13.2 Å². The van der Waals surface area contributed by atoms with Crippen LogP contribution in [0.4, 0.5) is 13.2 Å². The van der Waals surface area contributed by atoms with E-state index in [-0.39, 0.29) is 11.4 Å². The summed E-state index contributed by atoms with van der Waals surface area (Å²) in [6, 6.07) is 7.17. The van der Waals surface area contributed by atoms with Crippen molar-refractivity contribution >= 4 is 34.7 Å². The lowest BCUT2D eigenvalue weighted by atomic mass is 10.3. The first kappa shape index (κ1) is 15.6. The van der Waals surface area contributed by atoms with Crippen molar-refractivity contribution in [2.45, 2.75) is 23.4 Å². The van der Waals surface area contributed by atoms with E-state index in [1.807, 2.05) is 12.1 Å². The van der Waals surface area contributed by atoms with Gasteiger partial charge in [0.25, 0.3) is 0 Å². The van der Waals surface area contributed by atoms with Gasteiger partial charge in [-0.1, -0.05) is 23.7 Å². The van der Waals surface area contributed by atoms with Gasteiger partial charge in [-0.2, -0.15) is 13.2 Å². The maximum absolute atomic E-state index is 12.7. The zero-order valence-corrected chi connectivity index (χ0v) is 12.5. The van der Waals surface area contributed by atoms with Gasteiger partial charge in [-0.3, -0.25) is 0 Å². The van der Waals surface area contributed by atoms with E-state index in [9.17, 15) is 13.2 Å². The Kier molecular flexibility index (Phi) is 4.95. The molecule has 0 unspecified atom stereocenters. The smallest absolute Gasteiger partial charge is 0.326 e. The van der Waals surface area contributed by atoms with Crippen molar-refractivity contribution in [1.82, 2.24) is 4.98 Å². The Morgan fingerprint density at radius 1 is 1.30 bits per heavy atom. The predicted molar refractivity (Wildman–Crippen MR) is 76.0 cm³/mol. The Balaban J connectivity index is 2.15. The van der Waals surface area contributed by atoms with Gasteiger partial charge < -0.3 is 5.73 Å². The number of nitrogens with zero attached hydrogens (tertiary/aromatic N) is 1. The molecule has 2 N–H and O–H groups in total. The second-order valence-electron chi connectivity index (χ2n) is 3.80. The van der Waals surface area contributed by atoms with Crippen molar-refractivity contribution in [3.05, 3.63) is 44.9 Å². The van der Waals surface area contributed by atoms with Crippen LogP contribution in [0.5, 0.6) is 0 Å². The molecule has 1 aromatic carbocycles. The third-order valence-electron chi connectivity index (χ3n) is 2.38. The summed E-state index contributed by atoms with van der Waals surface area (Å²) in [5, 5.41) is 0.965. The number of benzene rings is 1. The van der Waals surface area contributed by atoms with Gasteiger partial charge in [0.2, 0.25) is 0 Å². The molecular weight excluding hydrogens is 329 g/mol. The van der Waals surface area contributed by atoms with Gasteiger partial charge in [-0.25, -0.2) is 4.98 Å². The summed E-state index contributed by atoms with van der Waals surface area (Å²) in [7, 11) is 0. The maximum atomic E-state index is 12.7. The monoisotopic (exact) mass is 338 g/mol. The molecule has 108 valence electrons. The molecule has 0 amide bonds. The fraction of sp³-hybridized carbons (Fsp3) is 0.250. The lowest BCUT2D eigenvalue weighted by Gasteiger charge is -2.03. The Morgan fingerprint density at radius 3 is 2.55 bits per heavy atom. The number of aromatic nitrogens is 1. The van der Waals surface area contributed by atoms with Crippen molar-refractivity contribution in [2.24, 2.45) is 5.73 Å². The third kappa shape index (κ3) is 3.66. The molecule has 0 fully saturated rings. The number of thiazole rings is 1. The van der Waals surface area contributed by atoms with Gasteiger partial charge in [-0.05, 0) is 12.1 Å². The molecule has 0 saturated carbocycles. The van der Waals surface area contributed by atoms with Crippen molar-refractivity contribution in [1.29, 1.82) is 0 Å². The van der Waals surface area contributed by atoms with E-state index in [2.05, 4.69) is 4.98 Å². The van der Waals surface area contributed by atoms with Gasteiger partial charge >= 0.3 is 6.18 Å². The maximum Gasteiger partial charge on any atom is 0.434 e. The van der Waals surface area contributed by atoms with E-state index in [0.29, 0.717) is 15.8 Å². The van der Waals surface area contributed by atoms with E-state index in [1.54, 1.807) is 12.1 Å². The summed E-state index contributed by atoms with van der Waals surface area (Å²) >= 11 is 8.33. The number of halogens is 4. The van der Waals surface area contributed by atoms with Gasteiger partial charge in [0.05, 0.1) is 15.7 Å². The lowest BCUT2D eigenvalue weighted by Crippen LogP contribution is -2.10. The second kappa shape index (κ2) is 6.34. The number of rotatable bonds is 4. The molecule has 0 radical (unpaired) electrons. The summed E-state index contributed by atoms with van der Waals surface area (Å²) in [5.74, 6) is 0.331. The Morgan fingerprint density at radius 2 is 2.00 bits per heavy atom. The number of nitrogens with two attached hydrogens (primary N) is 1. The lowest BCUT2D eigenvalue weighted by molar-refractivity contribution is -0.141. The van der Waals surface area contributed by atoms with Crippen LogP contribution < -0.4 is 5.73 Å². The van der Waals surface area contributed by atoms with Crippen molar-refractivity contribution in [3.8, 4) is 0 Å². The fourth-order valence-electron chi connectivity index (χ4n) is 1.52.